The van der Waals surface area contributed by atoms with Crippen molar-refractivity contribution in [3.05, 3.63) is 24.3 Å². The first-order valence-corrected chi connectivity index (χ1v) is 8.65. The summed E-state index contributed by atoms with van der Waals surface area (Å²) in [5, 5.41) is 3.14. The van der Waals surface area contributed by atoms with Crippen molar-refractivity contribution in [3.8, 4) is 0 Å². The highest BCUT2D eigenvalue weighted by atomic mass is 35.5. The Balaban J connectivity index is 0.00000192. The van der Waals surface area contributed by atoms with Crippen molar-refractivity contribution in [2.24, 2.45) is 0 Å². The van der Waals surface area contributed by atoms with Gasteiger partial charge in [0.2, 0.25) is 11.8 Å². The van der Waals surface area contributed by atoms with E-state index < -0.39 is 0 Å². The number of likely N-dealkylation sites (N-methyl/N-ethyl adjacent to an activating group) is 1. The van der Waals surface area contributed by atoms with Gasteiger partial charge in [0.25, 0.3) is 0 Å². The van der Waals surface area contributed by atoms with Gasteiger partial charge in [0, 0.05) is 24.0 Å². The van der Waals surface area contributed by atoms with Crippen LogP contribution in [-0.2, 0) is 9.59 Å². The second-order valence-corrected chi connectivity index (χ2v) is 6.69. The van der Waals surface area contributed by atoms with E-state index in [-0.39, 0.29) is 36.8 Å². The van der Waals surface area contributed by atoms with Crippen LogP contribution in [0.5, 0.6) is 0 Å². The third-order valence-corrected chi connectivity index (χ3v) is 5.29. The lowest BCUT2D eigenvalue weighted by Crippen LogP contribution is -2.48. The van der Waals surface area contributed by atoms with Crippen molar-refractivity contribution in [2.45, 2.75) is 23.8 Å². The molecule has 0 aromatic heterocycles. The van der Waals surface area contributed by atoms with Crippen LogP contribution >= 0.6 is 24.2 Å². The molecule has 7 heteroatoms. The van der Waals surface area contributed by atoms with Gasteiger partial charge < -0.3 is 15.1 Å². The Hall–Kier alpha value is -1.24. The normalized spacial score (nSPS) is 20.2. The van der Waals surface area contributed by atoms with E-state index in [0.717, 1.165) is 36.5 Å². The number of fused-ring (bicyclic) bond motifs is 1. The first-order chi connectivity index (χ1) is 10.7. The van der Waals surface area contributed by atoms with E-state index in [1.807, 2.05) is 36.2 Å². The molecule has 0 spiro atoms. The fourth-order valence-electron chi connectivity index (χ4n) is 3.17. The van der Waals surface area contributed by atoms with Crippen molar-refractivity contribution < 1.29 is 9.59 Å². The number of rotatable bonds is 4. The smallest absolute Gasteiger partial charge is 0.242 e. The third-order valence-electron chi connectivity index (χ3n) is 4.24. The largest absolute Gasteiger partial charge is 0.337 e. The predicted molar refractivity (Wildman–Crippen MR) is 95.4 cm³/mol. The van der Waals surface area contributed by atoms with E-state index in [1.54, 1.807) is 16.7 Å². The fourth-order valence-corrected chi connectivity index (χ4v) is 4.10. The SMILES string of the molecule is CNCC1CCCN1C(=O)CN1C(=O)CSc2ccccc21.Cl. The summed E-state index contributed by atoms with van der Waals surface area (Å²) in [5.41, 5.74) is 0.862. The number of anilines is 1. The Labute approximate surface area is 147 Å². The van der Waals surface area contributed by atoms with Gasteiger partial charge in [-0.05, 0) is 32.0 Å². The van der Waals surface area contributed by atoms with E-state index in [1.165, 1.54) is 0 Å². The minimum atomic E-state index is 0. The molecule has 2 aliphatic heterocycles. The van der Waals surface area contributed by atoms with E-state index >= 15 is 0 Å². The summed E-state index contributed by atoms with van der Waals surface area (Å²) in [6.07, 6.45) is 2.07. The Morgan fingerprint density at radius 3 is 2.96 bits per heavy atom. The maximum Gasteiger partial charge on any atom is 0.242 e. The highest BCUT2D eigenvalue weighted by Crippen LogP contribution is 2.35. The average Bonchev–Trinajstić information content (AvgIpc) is 2.99. The van der Waals surface area contributed by atoms with Crippen molar-refractivity contribution >= 4 is 41.7 Å². The summed E-state index contributed by atoms with van der Waals surface area (Å²) in [4.78, 5) is 29.5. The zero-order chi connectivity index (χ0) is 15.5. The van der Waals surface area contributed by atoms with Crippen LogP contribution in [0.2, 0.25) is 0 Å². The van der Waals surface area contributed by atoms with Crippen LogP contribution in [0.15, 0.2) is 29.2 Å². The van der Waals surface area contributed by atoms with Gasteiger partial charge in [0.05, 0.1) is 11.4 Å². The van der Waals surface area contributed by atoms with Crippen LogP contribution in [0.4, 0.5) is 5.69 Å². The van der Waals surface area contributed by atoms with Gasteiger partial charge in [-0.3, -0.25) is 9.59 Å². The zero-order valence-corrected chi connectivity index (χ0v) is 14.8. The molecule has 1 saturated heterocycles. The van der Waals surface area contributed by atoms with Crippen LogP contribution in [-0.4, -0.2) is 55.2 Å². The molecule has 126 valence electrons. The lowest BCUT2D eigenvalue weighted by Gasteiger charge is -2.31. The number of nitrogens with one attached hydrogen (secondary N) is 1. The van der Waals surface area contributed by atoms with Gasteiger partial charge in [-0.1, -0.05) is 12.1 Å². The molecule has 0 saturated carbocycles. The highest BCUT2D eigenvalue weighted by Gasteiger charge is 2.32. The molecule has 1 N–H and O–H groups in total. The standard InChI is InChI=1S/C16H21N3O2S.ClH/c1-17-9-12-5-4-8-18(12)15(20)10-19-13-6-2-3-7-14(13)22-11-16(19)21;/h2-3,6-7,12,17H,4-5,8-11H2,1H3;1H. The van der Waals surface area contributed by atoms with Crippen molar-refractivity contribution in [1.82, 2.24) is 10.2 Å². The number of benzene rings is 1. The molecule has 0 aliphatic carbocycles. The molecule has 5 nitrogen and oxygen atoms in total. The average molecular weight is 356 g/mol. The predicted octanol–water partition coefficient (Wildman–Crippen LogP) is 1.76. The molecule has 3 rings (SSSR count). The minimum Gasteiger partial charge on any atom is -0.337 e. The summed E-state index contributed by atoms with van der Waals surface area (Å²) in [7, 11) is 1.91. The molecule has 1 fully saturated rings. The van der Waals surface area contributed by atoms with Gasteiger partial charge >= 0.3 is 0 Å². The maximum absolute atomic E-state index is 12.7. The number of carbonyl (C=O) groups excluding carboxylic acids is 2. The molecule has 2 heterocycles. The monoisotopic (exact) mass is 355 g/mol. The molecular weight excluding hydrogens is 334 g/mol. The number of hydrogen-bond donors (Lipinski definition) is 1. The highest BCUT2D eigenvalue weighted by molar-refractivity contribution is 8.00. The summed E-state index contributed by atoms with van der Waals surface area (Å²) in [5.74, 6) is 0.471. The molecule has 2 aliphatic rings. The molecule has 0 bridgehead atoms. The molecule has 0 radical (unpaired) electrons. The Morgan fingerprint density at radius 2 is 2.17 bits per heavy atom. The van der Waals surface area contributed by atoms with Crippen LogP contribution in [0, 0.1) is 0 Å². The summed E-state index contributed by atoms with van der Waals surface area (Å²) >= 11 is 1.54. The molecule has 23 heavy (non-hydrogen) atoms. The first kappa shape index (κ1) is 18.1. The molecule has 1 atom stereocenters. The first-order valence-electron chi connectivity index (χ1n) is 7.67. The topological polar surface area (TPSA) is 52.7 Å². The zero-order valence-electron chi connectivity index (χ0n) is 13.2. The van der Waals surface area contributed by atoms with Crippen molar-refractivity contribution in [3.63, 3.8) is 0 Å². The van der Waals surface area contributed by atoms with Crippen LogP contribution in [0.1, 0.15) is 12.8 Å². The Bertz CT molecular complexity index is 584. The third kappa shape index (κ3) is 3.82. The van der Waals surface area contributed by atoms with Crippen molar-refractivity contribution in [2.75, 3.05) is 37.3 Å². The van der Waals surface area contributed by atoms with E-state index in [9.17, 15) is 9.59 Å². The summed E-state index contributed by atoms with van der Waals surface area (Å²) in [6.45, 7) is 1.76. The van der Waals surface area contributed by atoms with E-state index in [4.69, 9.17) is 0 Å². The number of halogens is 1. The molecule has 1 unspecified atom stereocenters. The fraction of sp³-hybridized carbons (Fsp3) is 0.500. The second kappa shape index (κ2) is 8.04. The lowest BCUT2D eigenvalue weighted by molar-refractivity contribution is -0.131. The van der Waals surface area contributed by atoms with Gasteiger partial charge in [0.1, 0.15) is 6.54 Å². The Kier molecular flexibility index (Phi) is 6.33. The minimum absolute atomic E-state index is 0. The van der Waals surface area contributed by atoms with Gasteiger partial charge in [0.15, 0.2) is 0 Å². The van der Waals surface area contributed by atoms with Crippen LogP contribution < -0.4 is 10.2 Å². The number of para-hydroxylation sites is 1. The molecular formula is C16H22ClN3O2S. The number of thioether (sulfide) groups is 1. The summed E-state index contributed by atoms with van der Waals surface area (Å²) in [6, 6.07) is 8.05. The number of amides is 2. The maximum atomic E-state index is 12.7. The Morgan fingerprint density at radius 1 is 1.39 bits per heavy atom. The van der Waals surface area contributed by atoms with E-state index in [2.05, 4.69) is 5.32 Å². The second-order valence-electron chi connectivity index (χ2n) is 5.68. The van der Waals surface area contributed by atoms with Gasteiger partial charge in [-0.25, -0.2) is 0 Å². The van der Waals surface area contributed by atoms with Crippen molar-refractivity contribution in [1.29, 1.82) is 0 Å². The quantitative estimate of drug-likeness (QED) is 0.894. The molecule has 2 amide bonds. The van der Waals surface area contributed by atoms with Gasteiger partial charge in [-0.2, -0.15) is 0 Å². The number of likely N-dealkylation sites (tertiary alicyclic amines) is 1. The van der Waals surface area contributed by atoms with E-state index in [0.29, 0.717) is 5.75 Å². The number of carbonyl (C=O) groups is 2. The lowest BCUT2D eigenvalue weighted by atomic mass is 10.2. The van der Waals surface area contributed by atoms with Gasteiger partial charge in [-0.15, -0.1) is 24.2 Å². The summed E-state index contributed by atoms with van der Waals surface area (Å²) < 4.78 is 0. The number of nitrogens with zero attached hydrogens (tertiary/aromatic N) is 2. The van der Waals surface area contributed by atoms with Crippen LogP contribution in [0.25, 0.3) is 0 Å². The van der Waals surface area contributed by atoms with Crippen LogP contribution in [0.3, 0.4) is 0 Å². The molecule has 1 aromatic carbocycles. The number of hydrogen-bond acceptors (Lipinski definition) is 4. The molecule has 1 aromatic rings.